The van der Waals surface area contributed by atoms with E-state index < -0.39 is 15.9 Å². The van der Waals surface area contributed by atoms with Gasteiger partial charge in [-0.05, 0) is 37.3 Å². The zero-order valence-electron chi connectivity index (χ0n) is 12.5. The highest BCUT2D eigenvalue weighted by Crippen LogP contribution is 2.24. The van der Waals surface area contributed by atoms with E-state index in [0.717, 1.165) is 5.39 Å². The fourth-order valence-electron chi connectivity index (χ4n) is 2.23. The second-order valence-corrected chi connectivity index (χ2v) is 7.18. The molecule has 1 aromatic heterocycles. The number of nitrogens with one attached hydrogen (secondary N) is 2. The van der Waals surface area contributed by atoms with Gasteiger partial charge in [0.25, 0.3) is 10.0 Å². The molecule has 0 bridgehead atoms. The molecule has 0 fully saturated rings. The molecule has 0 spiro atoms. The van der Waals surface area contributed by atoms with Crippen LogP contribution in [-0.4, -0.2) is 14.3 Å². The number of carbonyl (C=O) groups excluding carboxylic acids is 1. The predicted octanol–water partition coefficient (Wildman–Crippen LogP) is 3.02. The van der Waals surface area contributed by atoms with Gasteiger partial charge in [-0.2, -0.15) is 0 Å². The molecule has 0 saturated heterocycles. The highest BCUT2D eigenvalue weighted by molar-refractivity contribution is 7.89. The van der Waals surface area contributed by atoms with E-state index in [1.54, 1.807) is 19.1 Å². The minimum absolute atomic E-state index is 0.0199. The van der Waals surface area contributed by atoms with Crippen LogP contribution >= 0.6 is 11.6 Å². The molecule has 1 heterocycles. The van der Waals surface area contributed by atoms with Gasteiger partial charge in [-0.25, -0.2) is 8.42 Å². The summed E-state index contributed by atoms with van der Waals surface area (Å²) in [6.45, 7) is 1.73. The van der Waals surface area contributed by atoms with Gasteiger partial charge in [0.15, 0.2) is 5.76 Å². The lowest BCUT2D eigenvalue weighted by Gasteiger charge is -2.07. The van der Waals surface area contributed by atoms with Crippen LogP contribution in [0, 0.1) is 6.92 Å². The number of amides is 1. The lowest BCUT2D eigenvalue weighted by atomic mass is 10.1. The number of rotatable bonds is 4. The minimum atomic E-state index is -3.91. The first-order valence-electron chi connectivity index (χ1n) is 6.94. The van der Waals surface area contributed by atoms with Gasteiger partial charge in [0.1, 0.15) is 5.58 Å². The molecule has 0 saturated carbocycles. The molecule has 0 aliphatic carbocycles. The summed E-state index contributed by atoms with van der Waals surface area (Å²) >= 11 is 5.73. The van der Waals surface area contributed by atoms with Crippen LogP contribution in [0.1, 0.15) is 16.1 Å². The van der Waals surface area contributed by atoms with E-state index in [1.807, 2.05) is 17.0 Å². The van der Waals surface area contributed by atoms with Crippen molar-refractivity contribution in [2.45, 2.75) is 11.8 Å². The van der Waals surface area contributed by atoms with Gasteiger partial charge in [-0.3, -0.25) is 10.2 Å². The summed E-state index contributed by atoms with van der Waals surface area (Å²) in [5, 5.41) is 1.21. The van der Waals surface area contributed by atoms with Crippen LogP contribution < -0.4 is 10.3 Å². The quantitative estimate of drug-likeness (QED) is 0.696. The Morgan fingerprint density at radius 2 is 1.75 bits per heavy atom. The second-order valence-electron chi connectivity index (χ2n) is 5.07. The number of carbonyl (C=O) groups is 1. The average molecular weight is 365 g/mol. The van der Waals surface area contributed by atoms with E-state index in [2.05, 4.69) is 5.43 Å². The normalized spacial score (nSPS) is 11.6. The smallest absolute Gasteiger partial charge is 0.302 e. The highest BCUT2D eigenvalue weighted by Gasteiger charge is 2.20. The molecule has 0 unspecified atom stereocenters. The second kappa shape index (κ2) is 6.27. The van der Waals surface area contributed by atoms with Crippen LogP contribution in [0.4, 0.5) is 0 Å². The van der Waals surface area contributed by atoms with Gasteiger partial charge in [0, 0.05) is 16.0 Å². The van der Waals surface area contributed by atoms with Crippen LogP contribution in [0.15, 0.2) is 57.8 Å². The molecule has 2 aromatic carbocycles. The molecule has 0 aliphatic rings. The zero-order chi connectivity index (χ0) is 17.3. The first-order valence-corrected chi connectivity index (χ1v) is 8.80. The van der Waals surface area contributed by atoms with Crippen molar-refractivity contribution >= 4 is 38.5 Å². The zero-order valence-corrected chi connectivity index (χ0v) is 14.1. The molecule has 1 amide bonds. The van der Waals surface area contributed by atoms with Crippen molar-refractivity contribution in [1.29, 1.82) is 0 Å². The average Bonchev–Trinajstić information content (AvgIpc) is 2.91. The largest absolute Gasteiger partial charge is 0.451 e. The topological polar surface area (TPSA) is 88.4 Å². The molecule has 124 valence electrons. The van der Waals surface area contributed by atoms with Crippen molar-refractivity contribution < 1.29 is 17.6 Å². The van der Waals surface area contributed by atoms with Gasteiger partial charge in [-0.15, -0.1) is 4.83 Å². The maximum atomic E-state index is 12.2. The van der Waals surface area contributed by atoms with Crippen molar-refractivity contribution in [1.82, 2.24) is 10.3 Å². The summed E-state index contributed by atoms with van der Waals surface area (Å²) in [6, 6.07) is 12.7. The maximum Gasteiger partial charge on any atom is 0.302 e. The van der Waals surface area contributed by atoms with Crippen LogP contribution in [0.3, 0.4) is 0 Å². The van der Waals surface area contributed by atoms with Gasteiger partial charge < -0.3 is 4.42 Å². The number of aryl methyl sites for hydroxylation is 1. The van der Waals surface area contributed by atoms with Crippen LogP contribution in [-0.2, 0) is 10.0 Å². The number of hydrogen-bond acceptors (Lipinski definition) is 4. The number of halogens is 1. The lowest BCUT2D eigenvalue weighted by Crippen LogP contribution is -2.41. The third-order valence-corrected chi connectivity index (χ3v) is 4.99. The predicted molar refractivity (Wildman–Crippen MR) is 90.2 cm³/mol. The Balaban J connectivity index is 1.79. The Labute approximate surface area is 143 Å². The fraction of sp³-hybridized carbons (Fsp3) is 0.0625. The van der Waals surface area contributed by atoms with Gasteiger partial charge in [0.2, 0.25) is 0 Å². The molecule has 3 aromatic rings. The first kappa shape index (κ1) is 16.5. The summed E-state index contributed by atoms with van der Waals surface area (Å²) in [5.41, 5.74) is 3.34. The molecule has 8 heteroatoms. The number of furan rings is 1. The third kappa shape index (κ3) is 3.14. The van der Waals surface area contributed by atoms with Crippen molar-refractivity contribution in [3.8, 4) is 0 Å². The SMILES string of the molecule is Cc1c(C(=O)NNS(=O)(=O)c2ccc(Cl)cc2)oc2ccccc12. The number of hydrogen-bond donors (Lipinski definition) is 2. The maximum absolute atomic E-state index is 12.2. The van der Waals surface area contributed by atoms with Gasteiger partial charge >= 0.3 is 5.91 Å². The monoisotopic (exact) mass is 364 g/mol. The van der Waals surface area contributed by atoms with E-state index in [-0.39, 0.29) is 10.7 Å². The van der Waals surface area contributed by atoms with E-state index in [4.69, 9.17) is 16.0 Å². The minimum Gasteiger partial charge on any atom is -0.451 e. The first-order chi connectivity index (χ1) is 11.4. The Morgan fingerprint density at radius 1 is 1.08 bits per heavy atom. The van der Waals surface area contributed by atoms with E-state index >= 15 is 0 Å². The molecule has 2 N–H and O–H groups in total. The Hall–Kier alpha value is -2.35. The van der Waals surface area contributed by atoms with E-state index in [0.29, 0.717) is 16.2 Å². The van der Waals surface area contributed by atoms with E-state index in [1.165, 1.54) is 24.3 Å². The summed E-state index contributed by atoms with van der Waals surface area (Å²) in [7, 11) is -3.91. The van der Waals surface area contributed by atoms with Crippen LogP contribution in [0.5, 0.6) is 0 Å². The molecular formula is C16H13ClN2O4S. The van der Waals surface area contributed by atoms with Crippen molar-refractivity contribution in [2.75, 3.05) is 0 Å². The van der Waals surface area contributed by atoms with Gasteiger partial charge in [0.05, 0.1) is 4.90 Å². The van der Waals surface area contributed by atoms with E-state index in [9.17, 15) is 13.2 Å². The molecule has 0 aliphatic heterocycles. The Morgan fingerprint density at radius 3 is 2.42 bits per heavy atom. The highest BCUT2D eigenvalue weighted by atomic mass is 35.5. The van der Waals surface area contributed by atoms with Crippen molar-refractivity contribution in [2.24, 2.45) is 0 Å². The van der Waals surface area contributed by atoms with Crippen molar-refractivity contribution in [3.05, 3.63) is 64.9 Å². The summed E-state index contributed by atoms with van der Waals surface area (Å²) in [5.74, 6) is -0.628. The Kier molecular flexibility index (Phi) is 4.31. The van der Waals surface area contributed by atoms with Crippen LogP contribution in [0.2, 0.25) is 5.02 Å². The number of sulfonamides is 1. The van der Waals surface area contributed by atoms with Crippen molar-refractivity contribution in [3.63, 3.8) is 0 Å². The number of fused-ring (bicyclic) bond motifs is 1. The third-order valence-electron chi connectivity index (χ3n) is 3.47. The van der Waals surface area contributed by atoms with Crippen LogP contribution in [0.25, 0.3) is 11.0 Å². The number of para-hydroxylation sites is 1. The number of benzene rings is 2. The number of hydrazine groups is 1. The standard InChI is InChI=1S/C16H13ClN2O4S/c1-10-13-4-2-3-5-14(13)23-15(10)16(20)18-19-24(21,22)12-8-6-11(17)7-9-12/h2-9,19H,1H3,(H,18,20). The summed E-state index contributed by atoms with van der Waals surface area (Å²) in [6.07, 6.45) is 0. The molecule has 6 nitrogen and oxygen atoms in total. The Bertz CT molecular complexity index is 1010. The molecular weight excluding hydrogens is 352 g/mol. The molecule has 24 heavy (non-hydrogen) atoms. The summed E-state index contributed by atoms with van der Waals surface area (Å²) < 4.78 is 29.8. The molecule has 0 atom stereocenters. The lowest BCUT2D eigenvalue weighted by molar-refractivity contribution is 0.0918. The summed E-state index contributed by atoms with van der Waals surface area (Å²) in [4.78, 5) is 14.2. The molecule has 0 radical (unpaired) electrons. The van der Waals surface area contributed by atoms with Gasteiger partial charge in [-0.1, -0.05) is 29.8 Å². The fourth-order valence-corrected chi connectivity index (χ4v) is 3.20. The molecule has 3 rings (SSSR count).